The lowest BCUT2D eigenvalue weighted by molar-refractivity contribution is 0.222. The highest BCUT2D eigenvalue weighted by atomic mass is 16.5. The van der Waals surface area contributed by atoms with Crippen molar-refractivity contribution in [1.29, 1.82) is 5.26 Å². The first kappa shape index (κ1) is 26.8. The summed E-state index contributed by atoms with van der Waals surface area (Å²) in [5.41, 5.74) is 1.37. The quantitative estimate of drug-likeness (QED) is 0.255. The van der Waals surface area contributed by atoms with E-state index in [1.165, 1.54) is 56.9 Å². The molecule has 32 heavy (non-hydrogen) atoms. The Morgan fingerprint density at radius 1 is 0.938 bits per heavy atom. The van der Waals surface area contributed by atoms with Gasteiger partial charge in [-0.1, -0.05) is 91.2 Å². The van der Waals surface area contributed by atoms with E-state index >= 15 is 0 Å². The highest BCUT2D eigenvalue weighted by molar-refractivity contribution is 5.30. The van der Waals surface area contributed by atoms with Gasteiger partial charge in [0.2, 0.25) is 0 Å². The Morgan fingerprint density at radius 2 is 1.62 bits per heavy atom. The molecule has 1 aromatic rings. The molecule has 1 saturated carbocycles. The van der Waals surface area contributed by atoms with Crippen LogP contribution in [0.3, 0.4) is 0 Å². The van der Waals surface area contributed by atoms with Crippen LogP contribution < -0.4 is 4.74 Å². The molecule has 2 nitrogen and oxygen atoms in total. The molecule has 1 unspecified atom stereocenters. The third-order valence-electron chi connectivity index (χ3n) is 7.65. The Balaban J connectivity index is 1.70. The van der Waals surface area contributed by atoms with Gasteiger partial charge in [0.15, 0.2) is 0 Å². The predicted octanol–water partition coefficient (Wildman–Crippen LogP) is 9.45. The molecule has 1 aliphatic rings. The highest BCUT2D eigenvalue weighted by Gasteiger charge is 2.35. The van der Waals surface area contributed by atoms with Crippen LogP contribution in [0.5, 0.6) is 5.75 Å². The van der Waals surface area contributed by atoms with Gasteiger partial charge in [0.1, 0.15) is 5.75 Å². The third kappa shape index (κ3) is 9.56. The fraction of sp³-hybridized carbons (Fsp3) is 0.767. The van der Waals surface area contributed by atoms with E-state index in [2.05, 4.69) is 58.0 Å². The van der Waals surface area contributed by atoms with Crippen LogP contribution in [-0.4, -0.2) is 6.61 Å². The van der Waals surface area contributed by atoms with Crippen LogP contribution >= 0.6 is 0 Å². The van der Waals surface area contributed by atoms with Crippen LogP contribution in [0, 0.1) is 28.6 Å². The topological polar surface area (TPSA) is 33.0 Å². The van der Waals surface area contributed by atoms with Gasteiger partial charge in [0, 0.05) is 0 Å². The minimum Gasteiger partial charge on any atom is -0.494 e. The molecule has 2 heteroatoms. The second-order valence-corrected chi connectivity index (χ2v) is 11.0. The standard InChI is InChI=1S/C30H49NO/c1-5-6-7-8-9-20-30(24-31)21-17-28(18-22-30)27-13-15-29(16-14-27)32-23-19-26(4)12-10-11-25(2)3/h13-16,25-26,28H,5-12,17-23H2,1-4H3. The van der Waals surface area contributed by atoms with E-state index in [0.717, 1.165) is 62.7 Å². The molecule has 0 aromatic heterocycles. The number of unbranched alkanes of at least 4 members (excludes halogenated alkanes) is 4. The zero-order valence-corrected chi connectivity index (χ0v) is 21.5. The molecule has 2 rings (SSSR count). The van der Waals surface area contributed by atoms with E-state index in [1.54, 1.807) is 0 Å². The molecule has 0 radical (unpaired) electrons. The smallest absolute Gasteiger partial charge is 0.119 e. The zero-order valence-electron chi connectivity index (χ0n) is 21.5. The maximum Gasteiger partial charge on any atom is 0.119 e. The Morgan fingerprint density at radius 3 is 2.25 bits per heavy atom. The lowest BCUT2D eigenvalue weighted by Crippen LogP contribution is -2.25. The molecular formula is C30H49NO. The van der Waals surface area contributed by atoms with Gasteiger partial charge in [-0.3, -0.25) is 0 Å². The van der Waals surface area contributed by atoms with E-state index in [0.29, 0.717) is 5.92 Å². The van der Waals surface area contributed by atoms with E-state index in [4.69, 9.17) is 4.74 Å². The molecule has 1 aromatic carbocycles. The van der Waals surface area contributed by atoms with E-state index in [1.807, 2.05) is 0 Å². The van der Waals surface area contributed by atoms with Crippen molar-refractivity contribution in [3.8, 4) is 11.8 Å². The molecule has 1 fully saturated rings. The van der Waals surface area contributed by atoms with Crippen LogP contribution in [0.2, 0.25) is 0 Å². The second kappa shape index (κ2) is 14.6. The normalized spacial score (nSPS) is 21.9. The number of ether oxygens (including phenoxy) is 1. The van der Waals surface area contributed by atoms with Gasteiger partial charge < -0.3 is 4.74 Å². The number of benzene rings is 1. The molecule has 1 atom stereocenters. The van der Waals surface area contributed by atoms with Crippen molar-refractivity contribution < 1.29 is 4.74 Å². The molecule has 0 spiro atoms. The van der Waals surface area contributed by atoms with Crippen molar-refractivity contribution in [3.05, 3.63) is 29.8 Å². The van der Waals surface area contributed by atoms with Crippen molar-refractivity contribution in [2.75, 3.05) is 6.61 Å². The molecule has 1 aliphatic carbocycles. The Kier molecular flexibility index (Phi) is 12.2. The molecule has 180 valence electrons. The summed E-state index contributed by atoms with van der Waals surface area (Å²) in [6, 6.07) is 11.5. The molecule has 0 heterocycles. The Hall–Kier alpha value is -1.49. The van der Waals surface area contributed by atoms with Gasteiger partial charge in [0.05, 0.1) is 18.1 Å². The van der Waals surface area contributed by atoms with Gasteiger partial charge in [0.25, 0.3) is 0 Å². The average Bonchev–Trinajstić information content (AvgIpc) is 2.80. The van der Waals surface area contributed by atoms with Gasteiger partial charge in [-0.2, -0.15) is 5.26 Å². The zero-order chi connectivity index (χ0) is 23.2. The fourth-order valence-corrected chi connectivity index (χ4v) is 5.22. The average molecular weight is 440 g/mol. The summed E-state index contributed by atoms with van der Waals surface area (Å²) in [6.07, 6.45) is 17.1. The van der Waals surface area contributed by atoms with E-state index in [9.17, 15) is 5.26 Å². The summed E-state index contributed by atoms with van der Waals surface area (Å²) in [6.45, 7) is 10.0. The third-order valence-corrected chi connectivity index (χ3v) is 7.65. The van der Waals surface area contributed by atoms with Crippen LogP contribution in [0.1, 0.15) is 129 Å². The largest absolute Gasteiger partial charge is 0.494 e. The van der Waals surface area contributed by atoms with Crippen LogP contribution in [0.4, 0.5) is 0 Å². The first-order valence-corrected chi connectivity index (χ1v) is 13.6. The number of hydrogen-bond donors (Lipinski definition) is 0. The summed E-state index contributed by atoms with van der Waals surface area (Å²) < 4.78 is 6.03. The number of nitrogens with zero attached hydrogens (tertiary/aromatic N) is 1. The van der Waals surface area contributed by atoms with Crippen LogP contribution in [0.15, 0.2) is 24.3 Å². The van der Waals surface area contributed by atoms with Gasteiger partial charge in [-0.05, 0) is 74.0 Å². The summed E-state index contributed by atoms with van der Waals surface area (Å²) in [4.78, 5) is 0. The first-order chi connectivity index (χ1) is 15.5. The maximum absolute atomic E-state index is 9.86. The van der Waals surface area contributed by atoms with Crippen molar-refractivity contribution in [3.63, 3.8) is 0 Å². The van der Waals surface area contributed by atoms with Crippen molar-refractivity contribution in [2.45, 2.75) is 124 Å². The molecule has 0 amide bonds. The number of nitriles is 1. The predicted molar refractivity (Wildman–Crippen MR) is 137 cm³/mol. The lowest BCUT2D eigenvalue weighted by atomic mass is 9.67. The van der Waals surface area contributed by atoms with E-state index in [-0.39, 0.29) is 5.41 Å². The van der Waals surface area contributed by atoms with Gasteiger partial charge in [-0.25, -0.2) is 0 Å². The SMILES string of the molecule is CCCCCCCC1(C#N)CCC(c2ccc(OCCC(C)CCCC(C)C)cc2)CC1. The minimum atomic E-state index is -0.0579. The maximum atomic E-state index is 9.86. The molecule has 0 N–H and O–H groups in total. The number of rotatable bonds is 15. The fourth-order valence-electron chi connectivity index (χ4n) is 5.22. The summed E-state index contributed by atoms with van der Waals surface area (Å²) in [5, 5.41) is 9.86. The summed E-state index contributed by atoms with van der Waals surface area (Å²) in [5.74, 6) is 3.15. The number of hydrogen-bond acceptors (Lipinski definition) is 2. The molecule has 0 bridgehead atoms. The van der Waals surface area contributed by atoms with Crippen LogP contribution in [-0.2, 0) is 0 Å². The van der Waals surface area contributed by atoms with Crippen molar-refractivity contribution >= 4 is 0 Å². The molecular weight excluding hydrogens is 390 g/mol. The van der Waals surface area contributed by atoms with E-state index < -0.39 is 0 Å². The van der Waals surface area contributed by atoms with Crippen LogP contribution in [0.25, 0.3) is 0 Å². The minimum absolute atomic E-state index is 0.0579. The monoisotopic (exact) mass is 439 g/mol. The Labute approximate surface area is 199 Å². The summed E-state index contributed by atoms with van der Waals surface area (Å²) in [7, 11) is 0. The Bertz CT molecular complexity index is 648. The molecule has 0 saturated heterocycles. The van der Waals surface area contributed by atoms with Gasteiger partial charge >= 0.3 is 0 Å². The van der Waals surface area contributed by atoms with Crippen molar-refractivity contribution in [2.24, 2.45) is 17.3 Å². The van der Waals surface area contributed by atoms with Gasteiger partial charge in [-0.15, -0.1) is 0 Å². The lowest BCUT2D eigenvalue weighted by Gasteiger charge is -2.35. The highest BCUT2D eigenvalue weighted by Crippen LogP contribution is 2.45. The summed E-state index contributed by atoms with van der Waals surface area (Å²) >= 11 is 0. The molecule has 0 aliphatic heterocycles. The van der Waals surface area contributed by atoms with Crippen molar-refractivity contribution in [1.82, 2.24) is 0 Å². The first-order valence-electron chi connectivity index (χ1n) is 13.6. The second-order valence-electron chi connectivity index (χ2n) is 11.0.